The Labute approximate surface area is 379 Å². The molecule has 0 unspecified atom stereocenters. The lowest BCUT2D eigenvalue weighted by Crippen LogP contribution is -2.51. The number of amides is 5. The zero-order valence-electron chi connectivity index (χ0n) is 36.5. The van der Waals surface area contributed by atoms with E-state index in [1.54, 1.807) is 4.68 Å². The van der Waals surface area contributed by atoms with Gasteiger partial charge >= 0.3 is 6.03 Å². The number of benzene rings is 4. The number of likely N-dealkylation sites (tertiary alicyclic amines) is 1. The molecule has 0 aliphatic carbocycles. The monoisotopic (exact) mass is 908 g/mol. The number of aromatic nitrogens is 2. The van der Waals surface area contributed by atoms with Crippen molar-refractivity contribution < 1.29 is 37.4 Å². The molecular formula is C48H51ClF2N8O6. The van der Waals surface area contributed by atoms with Crippen LogP contribution in [0.15, 0.2) is 66.7 Å². The summed E-state index contributed by atoms with van der Waals surface area (Å²) in [4.78, 5) is 56.4. The predicted octanol–water partition coefficient (Wildman–Crippen LogP) is 7.00. The number of nitrogens with one attached hydrogen (secondary N) is 2. The number of aryl methyl sites for hydroxylation is 1. The first-order valence-electron chi connectivity index (χ1n) is 22.0. The van der Waals surface area contributed by atoms with E-state index in [2.05, 4.69) is 26.7 Å². The van der Waals surface area contributed by atoms with Gasteiger partial charge in [-0.3, -0.25) is 29.3 Å². The van der Waals surface area contributed by atoms with Crippen molar-refractivity contribution in [3.63, 3.8) is 0 Å². The normalized spacial score (nSPS) is 20.5. The number of methoxy groups -OCH3 is 1. The van der Waals surface area contributed by atoms with Crippen LogP contribution in [-0.4, -0.2) is 90.9 Å². The van der Waals surface area contributed by atoms with E-state index < -0.39 is 35.1 Å². The van der Waals surface area contributed by atoms with E-state index in [9.17, 15) is 19.2 Å². The molecule has 14 nitrogen and oxygen atoms in total. The number of hydrogen-bond acceptors (Lipinski definition) is 9. The molecule has 65 heavy (non-hydrogen) atoms. The Bertz CT molecular complexity index is 2700. The first-order chi connectivity index (χ1) is 31.3. The molecule has 4 aliphatic rings. The summed E-state index contributed by atoms with van der Waals surface area (Å²) in [6, 6.07) is 19.1. The number of rotatable bonds is 11. The number of carbonyl (C=O) groups is 4. The number of halogens is 3. The average molecular weight is 909 g/mol. The predicted molar refractivity (Wildman–Crippen MR) is 242 cm³/mol. The topological polar surface area (TPSA) is 164 Å². The smallest absolute Gasteiger partial charge is 0.329 e. The highest BCUT2D eigenvalue weighted by molar-refractivity contribution is 6.34. The van der Waals surface area contributed by atoms with Crippen molar-refractivity contribution in [2.45, 2.75) is 63.0 Å². The van der Waals surface area contributed by atoms with Gasteiger partial charge < -0.3 is 30.3 Å². The zero-order chi connectivity index (χ0) is 45.7. The SMILES string of the molecule is COc1ccc(C(N)=O)c(-c2c(Cl)c(F)cc3c2[C@H](C)[C@@](CNC2CCN(C(=O)CC4CCN(c5ccc6c(N7CCC(=O)NC7=O)nn(C)c6c5)CC4)CC2)(c2ccccc2)O3)c1F. The molecule has 1 aromatic heterocycles. The maximum absolute atomic E-state index is 16.2. The molecule has 0 radical (unpaired) electrons. The van der Waals surface area contributed by atoms with Crippen LogP contribution in [-0.2, 0) is 22.2 Å². The van der Waals surface area contributed by atoms with Crippen molar-refractivity contribution in [2.75, 3.05) is 56.2 Å². The second-order valence-electron chi connectivity index (χ2n) is 17.5. The van der Waals surface area contributed by atoms with Crippen LogP contribution in [0.3, 0.4) is 0 Å². The number of fused-ring (bicyclic) bond motifs is 2. The number of hydrogen-bond donors (Lipinski definition) is 3. The van der Waals surface area contributed by atoms with Crippen LogP contribution in [0.25, 0.3) is 22.0 Å². The Hall–Kier alpha value is -6.26. The van der Waals surface area contributed by atoms with Crippen molar-refractivity contribution in [3.8, 4) is 22.6 Å². The molecular weight excluding hydrogens is 858 g/mol. The van der Waals surface area contributed by atoms with Gasteiger partial charge in [0.05, 0.1) is 23.2 Å². The minimum Gasteiger partial charge on any atom is -0.494 e. The molecule has 4 aliphatic heterocycles. The van der Waals surface area contributed by atoms with Gasteiger partial charge in [-0.15, -0.1) is 0 Å². The molecule has 340 valence electrons. The Morgan fingerprint density at radius 3 is 2.42 bits per heavy atom. The van der Waals surface area contributed by atoms with Crippen LogP contribution in [0.2, 0.25) is 5.02 Å². The van der Waals surface area contributed by atoms with Crippen LogP contribution < -0.4 is 35.6 Å². The van der Waals surface area contributed by atoms with Gasteiger partial charge in [-0.25, -0.2) is 13.6 Å². The van der Waals surface area contributed by atoms with Crippen molar-refractivity contribution in [2.24, 2.45) is 18.7 Å². The largest absolute Gasteiger partial charge is 0.494 e. The lowest BCUT2D eigenvalue weighted by atomic mass is 9.77. The molecule has 17 heteroatoms. The molecule has 5 heterocycles. The van der Waals surface area contributed by atoms with Gasteiger partial charge in [0.25, 0.3) is 0 Å². The van der Waals surface area contributed by atoms with Crippen molar-refractivity contribution in [1.29, 1.82) is 0 Å². The molecule has 9 rings (SSSR count). The van der Waals surface area contributed by atoms with Gasteiger partial charge in [0.2, 0.25) is 17.7 Å². The van der Waals surface area contributed by atoms with E-state index in [0.717, 1.165) is 60.9 Å². The van der Waals surface area contributed by atoms with E-state index >= 15 is 8.78 Å². The average Bonchev–Trinajstić information content (AvgIpc) is 3.78. The van der Waals surface area contributed by atoms with Gasteiger partial charge in [-0.2, -0.15) is 5.10 Å². The summed E-state index contributed by atoms with van der Waals surface area (Å²) in [5.74, 6) is -2.48. The summed E-state index contributed by atoms with van der Waals surface area (Å²) in [5.41, 5.74) is 7.40. The molecule has 4 aromatic carbocycles. The fourth-order valence-electron chi connectivity index (χ4n) is 10.2. The number of imide groups is 1. The number of urea groups is 1. The van der Waals surface area contributed by atoms with Crippen LogP contribution in [0, 0.1) is 17.6 Å². The van der Waals surface area contributed by atoms with Gasteiger partial charge in [-0.1, -0.05) is 48.9 Å². The standard InChI is InChI=1S/C48H51ClF2N8O6/c1-27-40-37(25-34(50)43(49)42(40)41-33(45(52)62)11-12-36(64-3)44(41)51)65-48(27,29-7-5-4-6-8-29)26-53-30-15-20-58(21-16-30)39(61)23-28-13-18-57(19-14-28)31-9-10-32-35(24-31)56(2)55-46(32)59-22-17-38(60)54-47(59)63/h4-12,24-25,27-28,30,53H,13-23,26H2,1-3H3,(H2,52,62)(H,54,60,63)/t27-,48-/m0/s1. The number of carbonyl (C=O) groups excluding carboxylic acids is 4. The molecule has 3 fully saturated rings. The fourth-order valence-corrected chi connectivity index (χ4v) is 10.4. The second-order valence-corrected chi connectivity index (χ2v) is 17.9. The van der Waals surface area contributed by atoms with E-state index in [-0.39, 0.29) is 70.0 Å². The maximum atomic E-state index is 16.2. The molecule has 0 bridgehead atoms. The lowest BCUT2D eigenvalue weighted by Gasteiger charge is -2.38. The van der Waals surface area contributed by atoms with E-state index in [0.29, 0.717) is 37.4 Å². The van der Waals surface area contributed by atoms with Crippen LogP contribution in [0.5, 0.6) is 11.5 Å². The summed E-state index contributed by atoms with van der Waals surface area (Å²) in [5, 5.41) is 11.2. The van der Waals surface area contributed by atoms with Gasteiger partial charge in [0, 0.05) is 105 Å². The Balaban J connectivity index is 0.837. The number of piperidine rings is 2. The van der Waals surface area contributed by atoms with Gasteiger partial charge in [0.1, 0.15) is 11.6 Å². The van der Waals surface area contributed by atoms with E-state index in [1.165, 1.54) is 30.2 Å². The van der Waals surface area contributed by atoms with E-state index in [1.807, 2.05) is 61.3 Å². The van der Waals surface area contributed by atoms with Crippen molar-refractivity contribution in [1.82, 2.24) is 25.3 Å². The van der Waals surface area contributed by atoms with Crippen LogP contribution in [0.4, 0.5) is 25.1 Å². The van der Waals surface area contributed by atoms with Crippen molar-refractivity contribution >= 4 is 57.8 Å². The summed E-state index contributed by atoms with van der Waals surface area (Å²) in [6.45, 7) is 5.33. The number of nitrogens with zero attached hydrogens (tertiary/aromatic N) is 5. The highest BCUT2D eigenvalue weighted by Crippen LogP contribution is 2.56. The van der Waals surface area contributed by atoms with Crippen LogP contribution >= 0.6 is 11.6 Å². The third-order valence-electron chi connectivity index (χ3n) is 13.8. The van der Waals surface area contributed by atoms with Gasteiger partial charge in [0.15, 0.2) is 23.0 Å². The number of nitrogens with two attached hydrogens (primary N) is 1. The first-order valence-corrected chi connectivity index (χ1v) is 22.4. The quantitative estimate of drug-likeness (QED) is 0.127. The Morgan fingerprint density at radius 2 is 1.72 bits per heavy atom. The Kier molecular flexibility index (Phi) is 11.9. The highest BCUT2D eigenvalue weighted by Gasteiger charge is 2.50. The number of anilines is 2. The summed E-state index contributed by atoms with van der Waals surface area (Å²) in [6.07, 6.45) is 3.92. The maximum Gasteiger partial charge on any atom is 0.329 e. The van der Waals surface area contributed by atoms with Crippen molar-refractivity contribution in [3.05, 3.63) is 100 Å². The minimum absolute atomic E-state index is 0.0125. The van der Waals surface area contributed by atoms with Gasteiger partial charge in [-0.05, 0) is 67.5 Å². The Morgan fingerprint density at radius 1 is 0.985 bits per heavy atom. The second kappa shape index (κ2) is 17.6. The summed E-state index contributed by atoms with van der Waals surface area (Å²) < 4.78 is 45.7. The molecule has 0 spiro atoms. The molecule has 4 N–H and O–H groups in total. The molecule has 5 aromatic rings. The first kappa shape index (κ1) is 44.0. The van der Waals surface area contributed by atoms with Crippen LogP contribution in [0.1, 0.15) is 72.9 Å². The molecule has 2 atom stereocenters. The lowest BCUT2D eigenvalue weighted by molar-refractivity contribution is -0.133. The number of primary amides is 1. The third-order valence-corrected chi connectivity index (χ3v) is 14.2. The summed E-state index contributed by atoms with van der Waals surface area (Å²) >= 11 is 6.68. The fraction of sp³-hybridized carbons (Fsp3) is 0.396. The minimum atomic E-state index is -1.08. The molecule has 0 saturated carbocycles. The third kappa shape index (κ3) is 8.00. The molecule has 5 amide bonds. The summed E-state index contributed by atoms with van der Waals surface area (Å²) in [7, 11) is 3.14. The zero-order valence-corrected chi connectivity index (χ0v) is 37.2. The van der Waals surface area contributed by atoms with E-state index in [4.69, 9.17) is 26.8 Å². The molecule has 3 saturated heterocycles. The highest BCUT2D eigenvalue weighted by atomic mass is 35.5. The number of ether oxygens (including phenoxy) is 2.